The zero-order valence-electron chi connectivity index (χ0n) is 14.2. The Morgan fingerprint density at radius 1 is 1.33 bits per heavy atom. The maximum Gasteiger partial charge on any atom is 0.255 e. The van der Waals surface area contributed by atoms with Gasteiger partial charge >= 0.3 is 0 Å². The van der Waals surface area contributed by atoms with Crippen molar-refractivity contribution in [1.29, 1.82) is 0 Å². The molecule has 4 rings (SSSR count). The van der Waals surface area contributed by atoms with Gasteiger partial charge in [0.1, 0.15) is 6.04 Å². The molecule has 1 fully saturated rings. The molecule has 2 aromatic heterocycles. The molecule has 1 aliphatic carbocycles. The Bertz CT molecular complexity index is 749. The highest BCUT2D eigenvalue weighted by Crippen LogP contribution is 2.36. The molecule has 0 saturated carbocycles. The minimum absolute atomic E-state index is 0.0726. The predicted molar refractivity (Wildman–Crippen MR) is 92.4 cm³/mol. The molecule has 0 radical (unpaired) electrons. The van der Waals surface area contributed by atoms with E-state index in [4.69, 9.17) is 4.52 Å². The van der Waals surface area contributed by atoms with Crippen molar-refractivity contribution in [3.63, 3.8) is 0 Å². The van der Waals surface area contributed by atoms with Crippen LogP contribution in [-0.2, 0) is 12.8 Å². The molecule has 24 heavy (non-hydrogen) atoms. The van der Waals surface area contributed by atoms with E-state index in [9.17, 15) is 4.79 Å². The molecule has 0 spiro atoms. The SMILES string of the molecule is CC(C)c1noc(C2CCCN2C(=O)c2csc3c2CCCC3)n1. The minimum atomic E-state index is -0.0726. The van der Waals surface area contributed by atoms with E-state index in [1.807, 2.05) is 18.7 Å². The van der Waals surface area contributed by atoms with Gasteiger partial charge in [0, 0.05) is 22.7 Å². The smallest absolute Gasteiger partial charge is 0.255 e. The molecule has 0 N–H and O–H groups in total. The van der Waals surface area contributed by atoms with Gasteiger partial charge in [-0.15, -0.1) is 11.3 Å². The molecule has 3 heterocycles. The maximum atomic E-state index is 13.1. The van der Waals surface area contributed by atoms with Gasteiger partial charge in [-0.1, -0.05) is 19.0 Å². The molecule has 5 nitrogen and oxygen atoms in total. The number of carbonyl (C=O) groups excluding carboxylic acids is 1. The number of rotatable bonds is 3. The largest absolute Gasteiger partial charge is 0.337 e. The minimum Gasteiger partial charge on any atom is -0.337 e. The van der Waals surface area contributed by atoms with E-state index in [0.717, 1.165) is 43.6 Å². The first-order valence-electron chi connectivity index (χ1n) is 8.89. The highest BCUT2D eigenvalue weighted by Gasteiger charge is 2.36. The number of fused-ring (bicyclic) bond motifs is 1. The number of amides is 1. The quantitative estimate of drug-likeness (QED) is 0.840. The monoisotopic (exact) mass is 345 g/mol. The highest BCUT2D eigenvalue weighted by atomic mass is 32.1. The van der Waals surface area contributed by atoms with Crippen LogP contribution in [0.4, 0.5) is 0 Å². The summed E-state index contributed by atoms with van der Waals surface area (Å²) in [7, 11) is 0. The van der Waals surface area contributed by atoms with Crippen molar-refractivity contribution in [1.82, 2.24) is 15.0 Å². The fourth-order valence-corrected chi connectivity index (χ4v) is 4.83. The molecule has 0 bridgehead atoms. The Balaban J connectivity index is 1.60. The third-order valence-electron chi connectivity index (χ3n) is 5.06. The van der Waals surface area contributed by atoms with Crippen LogP contribution >= 0.6 is 11.3 Å². The van der Waals surface area contributed by atoms with Crippen molar-refractivity contribution in [3.8, 4) is 0 Å². The topological polar surface area (TPSA) is 59.2 Å². The van der Waals surface area contributed by atoms with Gasteiger partial charge < -0.3 is 9.42 Å². The standard InChI is InChI=1S/C18H23N3O2S/c1-11(2)16-19-17(23-20-16)14-7-5-9-21(14)18(22)13-10-24-15-8-4-3-6-12(13)15/h10-11,14H,3-9H2,1-2H3. The van der Waals surface area contributed by atoms with Crippen LogP contribution in [0, 0.1) is 0 Å². The molecule has 0 aromatic carbocycles. The van der Waals surface area contributed by atoms with Gasteiger partial charge in [-0.25, -0.2) is 0 Å². The fraction of sp³-hybridized carbons (Fsp3) is 0.611. The van der Waals surface area contributed by atoms with E-state index in [0.29, 0.717) is 5.89 Å². The number of likely N-dealkylation sites (tertiary alicyclic amines) is 1. The lowest BCUT2D eigenvalue weighted by molar-refractivity contribution is 0.0709. The fourth-order valence-electron chi connectivity index (χ4n) is 3.71. The number of hydrogen-bond donors (Lipinski definition) is 0. The van der Waals surface area contributed by atoms with Crippen molar-refractivity contribution in [2.45, 2.75) is 64.3 Å². The number of aryl methyl sites for hydroxylation is 1. The Labute approximate surface area is 146 Å². The highest BCUT2D eigenvalue weighted by molar-refractivity contribution is 7.10. The molecular formula is C18H23N3O2S. The third kappa shape index (κ3) is 2.66. The second-order valence-corrected chi connectivity index (χ2v) is 8.02. The molecule has 1 unspecified atom stereocenters. The second kappa shape index (κ2) is 6.31. The Kier molecular flexibility index (Phi) is 4.16. The average molecular weight is 345 g/mol. The summed E-state index contributed by atoms with van der Waals surface area (Å²) in [6.45, 7) is 4.86. The van der Waals surface area contributed by atoms with Crippen LogP contribution in [0.5, 0.6) is 0 Å². The van der Waals surface area contributed by atoms with E-state index >= 15 is 0 Å². The number of nitrogens with zero attached hydrogens (tertiary/aromatic N) is 3. The molecule has 128 valence electrons. The van der Waals surface area contributed by atoms with Crippen molar-refractivity contribution < 1.29 is 9.32 Å². The van der Waals surface area contributed by atoms with Crippen LogP contribution in [0.1, 0.15) is 84.0 Å². The lowest BCUT2D eigenvalue weighted by Crippen LogP contribution is -2.31. The molecule has 2 aliphatic rings. The van der Waals surface area contributed by atoms with Crippen molar-refractivity contribution >= 4 is 17.2 Å². The summed E-state index contributed by atoms with van der Waals surface area (Å²) in [5.74, 6) is 1.68. The van der Waals surface area contributed by atoms with Crippen LogP contribution in [0.15, 0.2) is 9.90 Å². The van der Waals surface area contributed by atoms with E-state index in [2.05, 4.69) is 15.5 Å². The van der Waals surface area contributed by atoms with E-state index in [1.54, 1.807) is 11.3 Å². The van der Waals surface area contributed by atoms with Gasteiger partial charge in [0.05, 0.1) is 5.56 Å². The van der Waals surface area contributed by atoms with Gasteiger partial charge in [-0.05, 0) is 44.1 Å². The number of carbonyl (C=O) groups is 1. The van der Waals surface area contributed by atoms with Crippen molar-refractivity contribution in [2.24, 2.45) is 0 Å². The molecule has 1 saturated heterocycles. The van der Waals surface area contributed by atoms with Crippen LogP contribution in [0.2, 0.25) is 0 Å². The third-order valence-corrected chi connectivity index (χ3v) is 6.15. The van der Waals surface area contributed by atoms with Crippen molar-refractivity contribution in [3.05, 3.63) is 33.1 Å². The Hall–Kier alpha value is -1.69. The van der Waals surface area contributed by atoms with E-state index < -0.39 is 0 Å². The van der Waals surface area contributed by atoms with Gasteiger partial charge in [0.15, 0.2) is 5.82 Å². The van der Waals surface area contributed by atoms with Gasteiger partial charge in [0.25, 0.3) is 5.91 Å². The van der Waals surface area contributed by atoms with E-state index in [1.165, 1.54) is 23.3 Å². The van der Waals surface area contributed by atoms with Gasteiger partial charge in [-0.3, -0.25) is 4.79 Å². The van der Waals surface area contributed by atoms with E-state index in [-0.39, 0.29) is 17.9 Å². The Morgan fingerprint density at radius 2 is 2.17 bits per heavy atom. The summed E-state index contributed by atoms with van der Waals surface area (Å²) in [6.07, 6.45) is 6.48. The van der Waals surface area contributed by atoms with Crippen LogP contribution in [-0.4, -0.2) is 27.5 Å². The zero-order valence-corrected chi connectivity index (χ0v) is 15.1. The summed E-state index contributed by atoms with van der Waals surface area (Å²) >= 11 is 1.75. The zero-order chi connectivity index (χ0) is 16.7. The second-order valence-electron chi connectivity index (χ2n) is 7.06. The van der Waals surface area contributed by atoms with Crippen LogP contribution in [0.25, 0.3) is 0 Å². The lowest BCUT2D eigenvalue weighted by Gasteiger charge is -2.23. The molecule has 1 atom stereocenters. The van der Waals surface area contributed by atoms with Gasteiger partial charge in [0.2, 0.25) is 5.89 Å². The normalized spacial score (nSPS) is 20.6. The Morgan fingerprint density at radius 3 is 2.96 bits per heavy atom. The lowest BCUT2D eigenvalue weighted by atomic mass is 9.95. The number of hydrogen-bond acceptors (Lipinski definition) is 5. The summed E-state index contributed by atoms with van der Waals surface area (Å²) in [5, 5.41) is 6.12. The van der Waals surface area contributed by atoms with Crippen LogP contribution < -0.4 is 0 Å². The predicted octanol–water partition coefficient (Wildman–Crippen LogP) is 4.11. The number of aromatic nitrogens is 2. The summed E-state index contributed by atoms with van der Waals surface area (Å²) in [6, 6.07) is -0.0726. The van der Waals surface area contributed by atoms with Crippen LogP contribution in [0.3, 0.4) is 0 Å². The van der Waals surface area contributed by atoms with Gasteiger partial charge in [-0.2, -0.15) is 4.98 Å². The van der Waals surface area contributed by atoms with Crippen molar-refractivity contribution in [2.75, 3.05) is 6.54 Å². The molecule has 6 heteroatoms. The number of thiophene rings is 1. The first-order chi connectivity index (χ1) is 11.6. The molecule has 2 aromatic rings. The average Bonchev–Trinajstić information content (AvgIpc) is 3.31. The molecule has 1 amide bonds. The first kappa shape index (κ1) is 15.8. The summed E-state index contributed by atoms with van der Waals surface area (Å²) in [5.41, 5.74) is 2.19. The summed E-state index contributed by atoms with van der Waals surface area (Å²) < 4.78 is 5.47. The molecular weight excluding hydrogens is 322 g/mol. The molecule has 1 aliphatic heterocycles. The first-order valence-corrected chi connectivity index (χ1v) is 9.77. The maximum absolute atomic E-state index is 13.1. The summed E-state index contributed by atoms with van der Waals surface area (Å²) in [4.78, 5) is 21.0.